The number of hydrogen-bond donors (Lipinski definition) is 2. The Hall–Kier alpha value is -3.27. The van der Waals surface area contributed by atoms with Crippen molar-refractivity contribution in [3.05, 3.63) is 46.2 Å². The number of carboxylic acid groups (broad SMARTS) is 2. The minimum atomic E-state index is -5.08. The first-order chi connectivity index (χ1) is 17.5. The second-order valence-corrected chi connectivity index (χ2v) is 9.60. The van der Waals surface area contributed by atoms with E-state index in [4.69, 9.17) is 19.8 Å². The number of aromatic nitrogens is 2. The number of rotatable bonds is 4. The van der Waals surface area contributed by atoms with Crippen molar-refractivity contribution in [1.29, 1.82) is 0 Å². The van der Waals surface area contributed by atoms with Crippen molar-refractivity contribution >= 4 is 29.2 Å². The number of halogens is 6. The summed E-state index contributed by atoms with van der Waals surface area (Å²) in [5.74, 6) is -5.19. The van der Waals surface area contributed by atoms with Crippen LogP contribution in [0.5, 0.6) is 0 Å². The normalized spacial score (nSPS) is 19.6. The van der Waals surface area contributed by atoms with Crippen molar-refractivity contribution in [3.8, 4) is 0 Å². The van der Waals surface area contributed by atoms with Gasteiger partial charge in [-0.25, -0.2) is 14.6 Å². The van der Waals surface area contributed by atoms with Gasteiger partial charge in [-0.2, -0.15) is 26.3 Å². The third-order valence-corrected chi connectivity index (χ3v) is 6.49. The smallest absolute Gasteiger partial charge is 0.475 e. The van der Waals surface area contributed by atoms with Gasteiger partial charge in [-0.1, -0.05) is 6.07 Å². The molecule has 4 rings (SSSR count). The molecule has 16 heteroatoms. The van der Waals surface area contributed by atoms with Crippen molar-refractivity contribution in [2.24, 2.45) is 5.41 Å². The molecular weight excluding hydrogens is 546 g/mol. The summed E-state index contributed by atoms with van der Waals surface area (Å²) in [5.41, 5.74) is 2.07. The maximum Gasteiger partial charge on any atom is 0.490 e. The molecule has 1 unspecified atom stereocenters. The number of carbonyl (C=O) groups is 3. The molecule has 2 fully saturated rings. The maximum absolute atomic E-state index is 13.0. The minimum absolute atomic E-state index is 0.173. The fourth-order valence-corrected chi connectivity index (χ4v) is 4.55. The van der Waals surface area contributed by atoms with Gasteiger partial charge in [0.05, 0.1) is 22.7 Å². The van der Waals surface area contributed by atoms with Gasteiger partial charge in [-0.3, -0.25) is 14.7 Å². The summed E-state index contributed by atoms with van der Waals surface area (Å²) in [6, 6.07) is 4.07. The molecule has 1 amide bonds. The van der Waals surface area contributed by atoms with E-state index >= 15 is 0 Å². The van der Waals surface area contributed by atoms with Crippen molar-refractivity contribution in [2.75, 3.05) is 19.6 Å². The highest BCUT2D eigenvalue weighted by atomic mass is 32.1. The average molecular weight is 571 g/mol. The van der Waals surface area contributed by atoms with Crippen LogP contribution in [-0.2, 0) is 27.5 Å². The van der Waals surface area contributed by atoms with Gasteiger partial charge >= 0.3 is 24.3 Å². The fourth-order valence-electron chi connectivity index (χ4n) is 3.94. The van der Waals surface area contributed by atoms with E-state index in [-0.39, 0.29) is 5.41 Å². The molecule has 1 atom stereocenters. The highest BCUT2D eigenvalue weighted by Gasteiger charge is 2.50. The van der Waals surface area contributed by atoms with E-state index in [0.717, 1.165) is 49.7 Å². The number of likely N-dealkylation sites (tertiary alicyclic amines) is 2. The van der Waals surface area contributed by atoms with Crippen LogP contribution in [0.2, 0.25) is 0 Å². The zero-order valence-corrected chi connectivity index (χ0v) is 20.7. The third kappa shape index (κ3) is 8.93. The second kappa shape index (κ2) is 12.5. The Morgan fingerprint density at radius 3 is 2.11 bits per heavy atom. The molecule has 2 aliphatic heterocycles. The van der Waals surface area contributed by atoms with E-state index in [0.29, 0.717) is 12.5 Å². The van der Waals surface area contributed by atoms with Crippen LogP contribution in [0, 0.1) is 12.3 Å². The Labute approximate surface area is 216 Å². The lowest BCUT2D eigenvalue weighted by atomic mass is 9.85. The molecule has 1 spiro atoms. The van der Waals surface area contributed by atoms with Crippen LogP contribution >= 0.6 is 11.3 Å². The van der Waals surface area contributed by atoms with Crippen LogP contribution < -0.4 is 0 Å². The molecule has 9 nitrogen and oxygen atoms in total. The van der Waals surface area contributed by atoms with Crippen LogP contribution in [0.25, 0.3) is 0 Å². The maximum atomic E-state index is 13.0. The van der Waals surface area contributed by atoms with Gasteiger partial charge in [-0.15, -0.1) is 11.3 Å². The molecule has 0 aliphatic carbocycles. The topological polar surface area (TPSA) is 124 Å². The highest BCUT2D eigenvalue weighted by molar-refractivity contribution is 7.09. The summed E-state index contributed by atoms with van der Waals surface area (Å²) in [7, 11) is 0. The molecule has 2 saturated heterocycles. The molecule has 0 bridgehead atoms. The van der Waals surface area contributed by atoms with Crippen molar-refractivity contribution in [3.63, 3.8) is 0 Å². The summed E-state index contributed by atoms with van der Waals surface area (Å²) in [6.07, 6.45) is -4.51. The van der Waals surface area contributed by atoms with Gasteiger partial charge in [0.2, 0.25) is 5.91 Å². The molecule has 2 aromatic heterocycles. The summed E-state index contributed by atoms with van der Waals surface area (Å²) in [5, 5.41) is 17.4. The van der Waals surface area contributed by atoms with E-state index in [9.17, 15) is 31.1 Å². The van der Waals surface area contributed by atoms with Gasteiger partial charge in [-0.05, 0) is 37.9 Å². The molecule has 0 radical (unpaired) electrons. The summed E-state index contributed by atoms with van der Waals surface area (Å²) >= 11 is 1.65. The first-order valence-electron chi connectivity index (χ1n) is 11.0. The fraction of sp³-hybridized carbons (Fsp3) is 0.500. The van der Waals surface area contributed by atoms with Gasteiger partial charge in [0, 0.05) is 37.4 Å². The Kier molecular flexibility index (Phi) is 10.2. The Balaban J connectivity index is 0.000000301. The number of aliphatic carboxylic acids is 2. The predicted molar refractivity (Wildman–Crippen MR) is 121 cm³/mol. The number of aryl methyl sites for hydroxylation is 1. The number of thiazole rings is 1. The van der Waals surface area contributed by atoms with E-state index < -0.39 is 24.3 Å². The molecule has 38 heavy (non-hydrogen) atoms. The molecule has 0 aromatic carbocycles. The zero-order valence-electron chi connectivity index (χ0n) is 19.9. The Bertz CT molecular complexity index is 1090. The van der Waals surface area contributed by atoms with Gasteiger partial charge in [0.15, 0.2) is 0 Å². The molecule has 2 aromatic rings. The monoisotopic (exact) mass is 570 g/mol. The minimum Gasteiger partial charge on any atom is -0.475 e. The quantitative estimate of drug-likeness (QED) is 0.533. The summed E-state index contributed by atoms with van der Waals surface area (Å²) in [6.45, 7) is 6.27. The number of hydrogen-bond acceptors (Lipinski definition) is 7. The van der Waals surface area contributed by atoms with Crippen molar-refractivity contribution in [1.82, 2.24) is 19.8 Å². The van der Waals surface area contributed by atoms with Gasteiger partial charge < -0.3 is 15.1 Å². The first kappa shape index (κ1) is 31.0. The van der Waals surface area contributed by atoms with E-state index in [1.807, 2.05) is 24.1 Å². The summed E-state index contributed by atoms with van der Waals surface area (Å²) in [4.78, 5) is 43.9. The second-order valence-electron chi connectivity index (χ2n) is 8.54. The van der Waals surface area contributed by atoms with Crippen molar-refractivity contribution < 1.29 is 50.9 Å². The lowest BCUT2D eigenvalue weighted by Gasteiger charge is -2.23. The zero-order chi connectivity index (χ0) is 28.7. The lowest BCUT2D eigenvalue weighted by Crippen LogP contribution is -2.36. The van der Waals surface area contributed by atoms with Crippen LogP contribution in [0.3, 0.4) is 0 Å². The predicted octanol–water partition coefficient (Wildman–Crippen LogP) is 3.74. The average Bonchev–Trinajstić information content (AvgIpc) is 3.50. The molecule has 0 saturated carbocycles. The standard InChI is InChI=1S/C18H22N4OS.2C2HF3O2/c1-14-20-16(12-24-14)11-22-8-5-18(17(22)23)4-7-21(13-18)10-15-3-2-6-19-9-15;2*3-2(4,5)1(6)7/h2-3,6,9,12H,4-5,7-8,10-11,13H2,1H3;2*(H,6,7). The molecule has 2 aliphatic rings. The van der Waals surface area contributed by atoms with E-state index in [1.165, 1.54) is 5.56 Å². The van der Waals surface area contributed by atoms with Crippen LogP contribution in [-0.4, -0.2) is 79.8 Å². The first-order valence-corrected chi connectivity index (χ1v) is 11.8. The lowest BCUT2D eigenvalue weighted by molar-refractivity contribution is -0.193. The number of nitrogens with zero attached hydrogens (tertiary/aromatic N) is 4. The van der Waals surface area contributed by atoms with Crippen molar-refractivity contribution in [2.45, 2.75) is 45.2 Å². The van der Waals surface area contributed by atoms with Crippen LogP contribution in [0.4, 0.5) is 26.3 Å². The van der Waals surface area contributed by atoms with Gasteiger partial charge in [0.25, 0.3) is 0 Å². The van der Waals surface area contributed by atoms with Crippen LogP contribution in [0.1, 0.15) is 29.1 Å². The molecule has 4 heterocycles. The van der Waals surface area contributed by atoms with E-state index in [1.54, 1.807) is 17.5 Å². The number of pyridine rings is 1. The molecule has 210 valence electrons. The summed E-state index contributed by atoms with van der Waals surface area (Å²) < 4.78 is 63.5. The molecular formula is C22H24F6N4O5S. The third-order valence-electron chi connectivity index (χ3n) is 5.67. The van der Waals surface area contributed by atoms with Gasteiger partial charge in [0.1, 0.15) is 0 Å². The Morgan fingerprint density at radius 1 is 1.05 bits per heavy atom. The molecule has 2 N–H and O–H groups in total. The van der Waals surface area contributed by atoms with Crippen LogP contribution in [0.15, 0.2) is 29.9 Å². The number of carbonyl (C=O) groups excluding carboxylic acids is 1. The highest BCUT2D eigenvalue weighted by Crippen LogP contribution is 2.41. The number of alkyl halides is 6. The Morgan fingerprint density at radius 2 is 1.63 bits per heavy atom. The van der Waals surface area contributed by atoms with E-state index in [2.05, 4.69) is 26.3 Å². The number of carboxylic acids is 2. The number of amides is 1. The SMILES string of the molecule is Cc1nc(CN2CCC3(CCN(Cc4cccnc4)C3)C2=O)cs1.O=C(O)C(F)(F)F.O=C(O)C(F)(F)F. The largest absolute Gasteiger partial charge is 0.490 e.